The van der Waals surface area contributed by atoms with E-state index in [4.69, 9.17) is 11.5 Å². The normalized spacial score (nSPS) is 21.4. The number of ketones is 2. The van der Waals surface area contributed by atoms with Crippen LogP contribution >= 0.6 is 0 Å². The fraction of sp³-hybridized carbons (Fsp3) is 0.615. The van der Waals surface area contributed by atoms with E-state index in [0.29, 0.717) is 25.7 Å². The fourth-order valence-corrected chi connectivity index (χ4v) is 2.26. The minimum absolute atomic E-state index is 0.0443. The first-order valence-corrected chi connectivity index (χ1v) is 6.34. The van der Waals surface area contributed by atoms with E-state index in [1.165, 1.54) is 0 Å². The Labute approximate surface area is 107 Å². The van der Waals surface area contributed by atoms with Gasteiger partial charge in [0.2, 0.25) is 0 Å². The lowest BCUT2D eigenvalue weighted by atomic mass is 9.81. The number of hydrogen-bond acceptors (Lipinski definition) is 4. The summed E-state index contributed by atoms with van der Waals surface area (Å²) in [6.45, 7) is 1.88. The van der Waals surface area contributed by atoms with Crippen molar-refractivity contribution in [3.63, 3.8) is 0 Å². The largest absolute Gasteiger partial charge is 0.394 e. The number of rotatable bonds is 5. The molecular formula is C13H20N2O3. The number of carbonyl (C=O) groups is 3. The van der Waals surface area contributed by atoms with Crippen molar-refractivity contribution in [1.82, 2.24) is 0 Å². The SMILES string of the molecule is CCC/C(C(=O)[C@H]1CCCCC1=O)=C(/N)C(N)=O. The van der Waals surface area contributed by atoms with E-state index in [0.717, 1.165) is 12.8 Å². The molecule has 0 aromatic carbocycles. The Bertz CT molecular complexity index is 399. The maximum Gasteiger partial charge on any atom is 0.264 e. The standard InChI is InChI=1S/C13H20N2O3/c1-2-5-9(11(14)13(15)18)12(17)8-6-3-4-7-10(8)16/h8H,2-7,14H2,1H3,(H2,15,18)/b11-9-/t8-/m0/s1. The van der Waals surface area contributed by atoms with Crippen molar-refractivity contribution in [2.75, 3.05) is 0 Å². The fourth-order valence-electron chi connectivity index (χ4n) is 2.26. The summed E-state index contributed by atoms with van der Waals surface area (Å²) in [4.78, 5) is 35.1. The topological polar surface area (TPSA) is 103 Å². The lowest BCUT2D eigenvalue weighted by Gasteiger charge is -2.21. The molecule has 0 aromatic rings. The van der Waals surface area contributed by atoms with Gasteiger partial charge in [-0.25, -0.2) is 0 Å². The molecule has 4 N–H and O–H groups in total. The number of Topliss-reactive ketones (excluding diaryl/α,β-unsaturated/α-hetero) is 2. The number of nitrogens with two attached hydrogens (primary N) is 2. The van der Waals surface area contributed by atoms with Gasteiger partial charge in [0.15, 0.2) is 5.78 Å². The average molecular weight is 252 g/mol. The van der Waals surface area contributed by atoms with Crippen LogP contribution in [0, 0.1) is 5.92 Å². The molecule has 1 amide bonds. The molecule has 18 heavy (non-hydrogen) atoms. The smallest absolute Gasteiger partial charge is 0.264 e. The maximum atomic E-state index is 12.3. The number of hydrogen-bond donors (Lipinski definition) is 2. The second kappa shape index (κ2) is 6.33. The molecule has 0 aliphatic heterocycles. The minimum atomic E-state index is -0.796. The molecule has 1 fully saturated rings. The molecule has 100 valence electrons. The highest BCUT2D eigenvalue weighted by Crippen LogP contribution is 2.26. The van der Waals surface area contributed by atoms with Gasteiger partial charge in [0.05, 0.1) is 5.92 Å². The van der Waals surface area contributed by atoms with E-state index in [9.17, 15) is 14.4 Å². The van der Waals surface area contributed by atoms with Crippen molar-refractivity contribution in [2.45, 2.75) is 45.4 Å². The predicted molar refractivity (Wildman–Crippen MR) is 67.3 cm³/mol. The average Bonchev–Trinajstić information content (AvgIpc) is 2.35. The summed E-state index contributed by atoms with van der Waals surface area (Å²) >= 11 is 0. The van der Waals surface area contributed by atoms with E-state index < -0.39 is 11.8 Å². The third-order valence-corrected chi connectivity index (χ3v) is 3.26. The third kappa shape index (κ3) is 3.18. The van der Waals surface area contributed by atoms with Crippen LogP contribution in [0.1, 0.15) is 45.4 Å². The molecule has 5 nitrogen and oxygen atoms in total. The molecule has 1 saturated carbocycles. The van der Waals surface area contributed by atoms with Crippen molar-refractivity contribution < 1.29 is 14.4 Å². The summed E-state index contributed by atoms with van der Waals surface area (Å²) in [5.41, 5.74) is 10.7. The summed E-state index contributed by atoms with van der Waals surface area (Å²) in [5.74, 6) is -1.77. The number of allylic oxidation sites excluding steroid dienone is 1. The lowest BCUT2D eigenvalue weighted by Crippen LogP contribution is -2.32. The lowest BCUT2D eigenvalue weighted by molar-refractivity contribution is -0.132. The van der Waals surface area contributed by atoms with Crippen molar-refractivity contribution >= 4 is 17.5 Å². The number of primary amides is 1. The van der Waals surface area contributed by atoms with Crippen molar-refractivity contribution in [1.29, 1.82) is 0 Å². The Morgan fingerprint density at radius 2 is 1.94 bits per heavy atom. The minimum Gasteiger partial charge on any atom is -0.394 e. The van der Waals surface area contributed by atoms with Gasteiger partial charge in [-0.05, 0) is 19.3 Å². The molecule has 0 aromatic heterocycles. The first kappa shape index (κ1) is 14.4. The van der Waals surface area contributed by atoms with Gasteiger partial charge in [-0.15, -0.1) is 0 Å². The van der Waals surface area contributed by atoms with Crippen LogP contribution in [0.4, 0.5) is 0 Å². The molecule has 0 bridgehead atoms. The third-order valence-electron chi connectivity index (χ3n) is 3.26. The van der Waals surface area contributed by atoms with Crippen LogP contribution in [0.25, 0.3) is 0 Å². The Kier molecular flexibility index (Phi) is 5.07. The molecule has 1 aliphatic rings. The van der Waals surface area contributed by atoms with E-state index in [1.807, 2.05) is 6.92 Å². The highest BCUT2D eigenvalue weighted by atomic mass is 16.2. The Hall–Kier alpha value is -1.65. The van der Waals surface area contributed by atoms with Crippen LogP contribution in [0.2, 0.25) is 0 Å². The van der Waals surface area contributed by atoms with Gasteiger partial charge in [-0.3, -0.25) is 14.4 Å². The van der Waals surface area contributed by atoms with Gasteiger partial charge in [0.25, 0.3) is 5.91 Å². The number of amides is 1. The second-order valence-electron chi connectivity index (χ2n) is 4.64. The van der Waals surface area contributed by atoms with Gasteiger partial charge in [0.1, 0.15) is 11.5 Å². The molecule has 0 saturated heterocycles. The summed E-state index contributed by atoms with van der Waals surface area (Å²) in [7, 11) is 0. The van der Waals surface area contributed by atoms with E-state index in [1.54, 1.807) is 0 Å². The van der Waals surface area contributed by atoms with Crippen molar-refractivity contribution in [3.8, 4) is 0 Å². The molecule has 0 unspecified atom stereocenters. The van der Waals surface area contributed by atoms with E-state index >= 15 is 0 Å². The van der Waals surface area contributed by atoms with Crippen LogP contribution < -0.4 is 11.5 Å². The predicted octanol–water partition coefficient (Wildman–Crippen LogP) is 0.813. The van der Waals surface area contributed by atoms with Crippen LogP contribution in [-0.2, 0) is 14.4 Å². The van der Waals surface area contributed by atoms with Crippen molar-refractivity contribution in [3.05, 3.63) is 11.3 Å². The number of carbonyl (C=O) groups excluding carboxylic acids is 3. The van der Waals surface area contributed by atoms with Crippen LogP contribution in [-0.4, -0.2) is 17.5 Å². The molecule has 1 rings (SSSR count). The summed E-state index contributed by atoms with van der Waals surface area (Å²) in [6, 6.07) is 0. The van der Waals surface area contributed by atoms with E-state index in [2.05, 4.69) is 0 Å². The van der Waals surface area contributed by atoms with Gasteiger partial charge >= 0.3 is 0 Å². The van der Waals surface area contributed by atoms with Crippen molar-refractivity contribution in [2.24, 2.45) is 17.4 Å². The molecule has 1 atom stereocenters. The molecule has 1 aliphatic carbocycles. The maximum absolute atomic E-state index is 12.3. The molecule has 0 heterocycles. The van der Waals surface area contributed by atoms with Gasteiger partial charge in [-0.2, -0.15) is 0 Å². The molecule has 0 radical (unpaired) electrons. The zero-order valence-electron chi connectivity index (χ0n) is 10.7. The van der Waals surface area contributed by atoms with Crippen LogP contribution in [0.5, 0.6) is 0 Å². The quantitative estimate of drug-likeness (QED) is 0.558. The van der Waals surface area contributed by atoms with Crippen LogP contribution in [0.3, 0.4) is 0 Å². The zero-order valence-corrected chi connectivity index (χ0v) is 10.7. The Morgan fingerprint density at radius 1 is 1.28 bits per heavy atom. The first-order chi connectivity index (χ1) is 8.49. The molecule has 5 heteroatoms. The molecular weight excluding hydrogens is 232 g/mol. The Balaban J connectivity index is 2.99. The summed E-state index contributed by atoms with van der Waals surface area (Å²) in [5, 5.41) is 0. The molecule has 0 spiro atoms. The van der Waals surface area contributed by atoms with Crippen LogP contribution in [0.15, 0.2) is 11.3 Å². The van der Waals surface area contributed by atoms with Gasteiger partial charge in [-0.1, -0.05) is 19.8 Å². The van der Waals surface area contributed by atoms with Gasteiger partial charge < -0.3 is 11.5 Å². The monoisotopic (exact) mass is 252 g/mol. The highest BCUT2D eigenvalue weighted by Gasteiger charge is 2.32. The zero-order chi connectivity index (χ0) is 13.7. The highest BCUT2D eigenvalue weighted by molar-refractivity contribution is 6.13. The van der Waals surface area contributed by atoms with E-state index in [-0.39, 0.29) is 22.8 Å². The van der Waals surface area contributed by atoms with Gasteiger partial charge in [0, 0.05) is 12.0 Å². The second-order valence-corrected chi connectivity index (χ2v) is 4.64. The first-order valence-electron chi connectivity index (χ1n) is 6.34. The Morgan fingerprint density at radius 3 is 2.44 bits per heavy atom. The summed E-state index contributed by atoms with van der Waals surface area (Å²) < 4.78 is 0. The summed E-state index contributed by atoms with van der Waals surface area (Å²) in [6.07, 6.45) is 3.75.